The third-order valence-corrected chi connectivity index (χ3v) is 4.86. The number of nitrogens with zero attached hydrogens (tertiary/aromatic N) is 4. The lowest BCUT2D eigenvalue weighted by Crippen LogP contribution is -2.45. The molecule has 25 heavy (non-hydrogen) atoms. The van der Waals surface area contributed by atoms with Crippen LogP contribution in [0.3, 0.4) is 0 Å². The molecule has 1 atom stereocenters. The maximum atomic E-state index is 12.3. The van der Waals surface area contributed by atoms with Crippen molar-refractivity contribution in [3.8, 4) is 0 Å². The number of carbonyl (C=O) groups excluding carboxylic acids is 1. The smallest absolute Gasteiger partial charge is 0.317 e. The Morgan fingerprint density at radius 2 is 2.36 bits per heavy atom. The summed E-state index contributed by atoms with van der Waals surface area (Å²) in [6.07, 6.45) is 8.42. The molecule has 7 heteroatoms. The Morgan fingerprint density at radius 3 is 3.24 bits per heavy atom. The van der Waals surface area contributed by atoms with Crippen LogP contribution in [0.5, 0.6) is 0 Å². The van der Waals surface area contributed by atoms with Gasteiger partial charge in [-0.1, -0.05) is 6.92 Å². The molecule has 2 amide bonds. The highest BCUT2D eigenvalue weighted by atomic mass is 16.2. The Hall–Kier alpha value is -2.70. The number of piperidine rings is 1. The molecule has 7 nitrogen and oxygen atoms in total. The van der Waals surface area contributed by atoms with Gasteiger partial charge in [0, 0.05) is 54.1 Å². The van der Waals surface area contributed by atoms with Gasteiger partial charge in [-0.2, -0.15) is 10.2 Å². The zero-order valence-corrected chi connectivity index (χ0v) is 14.3. The van der Waals surface area contributed by atoms with Gasteiger partial charge in [0.1, 0.15) is 5.65 Å². The van der Waals surface area contributed by atoms with Crippen molar-refractivity contribution in [1.82, 2.24) is 30.4 Å². The van der Waals surface area contributed by atoms with Crippen LogP contribution in [0, 0.1) is 0 Å². The van der Waals surface area contributed by atoms with Crippen LogP contribution in [0.4, 0.5) is 4.79 Å². The van der Waals surface area contributed by atoms with Crippen molar-refractivity contribution in [3.63, 3.8) is 0 Å². The van der Waals surface area contributed by atoms with E-state index in [2.05, 4.69) is 32.4 Å². The molecule has 0 bridgehead atoms. The normalized spacial score (nSPS) is 18.0. The average molecular weight is 338 g/mol. The molecule has 4 rings (SSSR count). The number of amides is 2. The summed E-state index contributed by atoms with van der Waals surface area (Å²) < 4.78 is 0. The summed E-state index contributed by atoms with van der Waals surface area (Å²) in [5, 5.41) is 14.8. The van der Waals surface area contributed by atoms with Crippen LogP contribution in [-0.4, -0.2) is 50.7 Å². The first kappa shape index (κ1) is 15.8. The second kappa shape index (κ2) is 6.66. The van der Waals surface area contributed by atoms with E-state index in [0.717, 1.165) is 53.3 Å². The molecule has 1 unspecified atom stereocenters. The number of hydrogen-bond acceptors (Lipinski definition) is 4. The lowest BCUT2D eigenvalue weighted by molar-refractivity contribution is 0.179. The molecule has 3 aromatic rings. The number of nitrogens with one attached hydrogen (secondary N) is 2. The molecule has 1 aliphatic rings. The largest absolute Gasteiger partial charge is 0.346 e. The Morgan fingerprint density at radius 1 is 1.44 bits per heavy atom. The van der Waals surface area contributed by atoms with Crippen LogP contribution in [0.25, 0.3) is 21.8 Å². The summed E-state index contributed by atoms with van der Waals surface area (Å²) in [5.41, 5.74) is 1.83. The summed E-state index contributed by atoms with van der Waals surface area (Å²) in [4.78, 5) is 21.8. The van der Waals surface area contributed by atoms with Crippen molar-refractivity contribution < 1.29 is 4.79 Å². The Kier molecular flexibility index (Phi) is 4.21. The van der Waals surface area contributed by atoms with Gasteiger partial charge in [0.15, 0.2) is 0 Å². The highest BCUT2D eigenvalue weighted by Gasteiger charge is 2.27. The number of aromatic nitrogens is 4. The van der Waals surface area contributed by atoms with Crippen LogP contribution in [0.15, 0.2) is 24.7 Å². The van der Waals surface area contributed by atoms with E-state index in [4.69, 9.17) is 0 Å². The number of aromatic amines is 1. The Bertz CT molecular complexity index is 905. The molecule has 1 fully saturated rings. The molecule has 1 aliphatic heterocycles. The second-order valence-electron chi connectivity index (χ2n) is 6.58. The fourth-order valence-electron chi connectivity index (χ4n) is 3.62. The van der Waals surface area contributed by atoms with Crippen molar-refractivity contribution in [2.24, 2.45) is 0 Å². The predicted molar refractivity (Wildman–Crippen MR) is 96.4 cm³/mol. The monoisotopic (exact) mass is 338 g/mol. The standard InChI is InChI=1S/C18H22N6O/c1-2-6-20-18(25)24-8-3-4-12(11-24)16-15-13(10-22-23-16)9-21-17-14(15)5-7-19-17/h5,7,9-10,12H,2-4,6,8,11H2,1H3,(H,19,21)(H,20,25). The molecule has 4 heterocycles. The number of pyridine rings is 1. The fourth-order valence-corrected chi connectivity index (χ4v) is 3.62. The van der Waals surface area contributed by atoms with E-state index >= 15 is 0 Å². The highest BCUT2D eigenvalue weighted by Crippen LogP contribution is 2.33. The molecule has 3 aromatic heterocycles. The lowest BCUT2D eigenvalue weighted by Gasteiger charge is -2.32. The van der Waals surface area contributed by atoms with Gasteiger partial charge < -0.3 is 15.2 Å². The first-order valence-corrected chi connectivity index (χ1v) is 8.88. The minimum absolute atomic E-state index is 0.0215. The molecule has 130 valence electrons. The van der Waals surface area contributed by atoms with Gasteiger partial charge >= 0.3 is 6.03 Å². The maximum absolute atomic E-state index is 12.3. The van der Waals surface area contributed by atoms with Crippen molar-refractivity contribution in [2.45, 2.75) is 32.1 Å². The lowest BCUT2D eigenvalue weighted by atomic mass is 9.91. The van der Waals surface area contributed by atoms with Crippen molar-refractivity contribution in [3.05, 3.63) is 30.4 Å². The molecule has 0 aliphatic carbocycles. The van der Waals surface area contributed by atoms with Crippen LogP contribution >= 0.6 is 0 Å². The predicted octanol–water partition coefficient (Wildman–Crippen LogP) is 2.81. The summed E-state index contributed by atoms with van der Waals surface area (Å²) in [6, 6.07) is 2.05. The van der Waals surface area contributed by atoms with Crippen LogP contribution in [0.1, 0.15) is 37.8 Å². The highest BCUT2D eigenvalue weighted by molar-refractivity contribution is 6.05. The van der Waals surface area contributed by atoms with Crippen LogP contribution in [0.2, 0.25) is 0 Å². The molecule has 0 radical (unpaired) electrons. The second-order valence-corrected chi connectivity index (χ2v) is 6.58. The van der Waals surface area contributed by atoms with E-state index in [1.807, 2.05) is 23.4 Å². The SMILES string of the molecule is CCCNC(=O)N1CCCC(c2nncc3cnc4[nH]ccc4c23)C1. The number of likely N-dealkylation sites (tertiary alicyclic amines) is 1. The Balaban J connectivity index is 1.69. The quantitative estimate of drug-likeness (QED) is 0.769. The minimum atomic E-state index is 0.0215. The third-order valence-electron chi connectivity index (χ3n) is 4.86. The Labute approximate surface area is 145 Å². The van der Waals surface area contributed by atoms with Crippen molar-refractivity contribution in [2.75, 3.05) is 19.6 Å². The number of fused-ring (bicyclic) bond motifs is 3. The zero-order valence-electron chi connectivity index (χ0n) is 14.3. The summed E-state index contributed by atoms with van der Waals surface area (Å²) >= 11 is 0. The number of urea groups is 1. The van der Waals surface area contributed by atoms with Gasteiger partial charge in [-0.15, -0.1) is 0 Å². The van der Waals surface area contributed by atoms with Gasteiger partial charge in [-0.25, -0.2) is 9.78 Å². The molecular weight excluding hydrogens is 316 g/mol. The first-order valence-electron chi connectivity index (χ1n) is 8.88. The number of rotatable bonds is 3. The summed E-state index contributed by atoms with van der Waals surface area (Å²) in [5.74, 6) is 0.192. The van der Waals surface area contributed by atoms with Crippen LogP contribution < -0.4 is 5.32 Å². The van der Waals surface area contributed by atoms with E-state index in [9.17, 15) is 4.79 Å². The van der Waals surface area contributed by atoms with Gasteiger partial charge in [-0.05, 0) is 25.3 Å². The first-order chi connectivity index (χ1) is 12.3. The molecule has 0 spiro atoms. The molecule has 1 saturated heterocycles. The van der Waals surface area contributed by atoms with Gasteiger partial charge in [-0.3, -0.25) is 0 Å². The zero-order chi connectivity index (χ0) is 17.2. The molecule has 0 aromatic carbocycles. The van der Waals surface area contributed by atoms with E-state index in [-0.39, 0.29) is 11.9 Å². The maximum Gasteiger partial charge on any atom is 0.317 e. The summed E-state index contributed by atoms with van der Waals surface area (Å²) in [6.45, 7) is 4.24. The van der Waals surface area contributed by atoms with Gasteiger partial charge in [0.05, 0.1) is 11.9 Å². The fraction of sp³-hybridized carbons (Fsp3) is 0.444. The topological polar surface area (TPSA) is 86.8 Å². The third kappa shape index (κ3) is 2.90. The van der Waals surface area contributed by atoms with Crippen molar-refractivity contribution >= 4 is 27.8 Å². The van der Waals surface area contributed by atoms with E-state index in [1.54, 1.807) is 6.20 Å². The van der Waals surface area contributed by atoms with E-state index < -0.39 is 0 Å². The van der Waals surface area contributed by atoms with E-state index in [0.29, 0.717) is 13.1 Å². The van der Waals surface area contributed by atoms with E-state index in [1.165, 1.54) is 0 Å². The number of carbonyl (C=O) groups is 1. The van der Waals surface area contributed by atoms with Crippen LogP contribution in [-0.2, 0) is 0 Å². The minimum Gasteiger partial charge on any atom is -0.346 e. The molecule has 2 N–H and O–H groups in total. The molecular formula is C18H22N6O. The van der Waals surface area contributed by atoms with Gasteiger partial charge in [0.2, 0.25) is 0 Å². The number of hydrogen-bond donors (Lipinski definition) is 2. The van der Waals surface area contributed by atoms with Crippen molar-refractivity contribution in [1.29, 1.82) is 0 Å². The van der Waals surface area contributed by atoms with Gasteiger partial charge in [0.25, 0.3) is 0 Å². The summed E-state index contributed by atoms with van der Waals surface area (Å²) in [7, 11) is 0. The molecule has 0 saturated carbocycles. The number of H-pyrrole nitrogens is 1. The average Bonchev–Trinajstić information content (AvgIpc) is 3.14.